The smallest absolute Gasteiger partial charge is 0.272 e. The van der Waals surface area contributed by atoms with Crippen molar-refractivity contribution in [1.29, 1.82) is 0 Å². The topological polar surface area (TPSA) is 36.4 Å². The lowest BCUT2D eigenvalue weighted by molar-refractivity contribution is 0.0216. The predicted octanol–water partition coefficient (Wildman–Crippen LogP) is 2.03. The Kier molecular flexibility index (Phi) is 3.24. The van der Waals surface area contributed by atoms with Crippen molar-refractivity contribution in [3.8, 4) is 0 Å². The summed E-state index contributed by atoms with van der Waals surface area (Å²) in [6.45, 7) is 3.81. The van der Waals surface area contributed by atoms with E-state index >= 15 is 0 Å². The third-order valence-corrected chi connectivity index (χ3v) is 5.41. The molecule has 2 aromatic rings. The van der Waals surface area contributed by atoms with Gasteiger partial charge in [0.05, 0.1) is 0 Å². The number of hydrogen-bond donors (Lipinski definition) is 0. The number of nitrogens with zero attached hydrogens (tertiary/aromatic N) is 3. The third-order valence-electron chi connectivity index (χ3n) is 4.39. The summed E-state index contributed by atoms with van der Waals surface area (Å²) in [5, 5.41) is 2.19. The maximum atomic E-state index is 12.3. The molecule has 21 heavy (non-hydrogen) atoms. The van der Waals surface area contributed by atoms with Gasteiger partial charge in [-0.1, -0.05) is 6.07 Å². The molecule has 0 radical (unpaired) electrons. The highest BCUT2D eigenvalue weighted by molar-refractivity contribution is 7.10. The summed E-state index contributed by atoms with van der Waals surface area (Å²) in [6, 6.07) is 8.23. The quantitative estimate of drug-likeness (QED) is 0.851. The summed E-state index contributed by atoms with van der Waals surface area (Å²) in [7, 11) is 0. The molecule has 2 aliphatic rings. The molecule has 0 N–H and O–H groups in total. The van der Waals surface area contributed by atoms with E-state index in [1.807, 2.05) is 28.4 Å². The summed E-state index contributed by atoms with van der Waals surface area (Å²) < 4.78 is 0. The van der Waals surface area contributed by atoms with E-state index in [0.717, 1.165) is 32.6 Å². The van der Waals surface area contributed by atoms with Crippen molar-refractivity contribution in [2.75, 3.05) is 19.6 Å². The number of hydrogen-bond acceptors (Lipinski definition) is 4. The number of fused-ring (bicyclic) bond motifs is 1. The third kappa shape index (κ3) is 2.36. The SMILES string of the molecule is O=C(c1ccccn1)N1CC(N2CCc3sccc3C2)C1. The molecule has 0 aliphatic carbocycles. The number of carbonyl (C=O) groups excluding carboxylic acids is 1. The molecule has 0 atom stereocenters. The molecular formula is C16H17N3OS. The summed E-state index contributed by atoms with van der Waals surface area (Å²) in [6.07, 6.45) is 2.82. The fourth-order valence-corrected chi connectivity index (χ4v) is 3.97. The molecule has 0 saturated carbocycles. The molecule has 5 heteroatoms. The zero-order chi connectivity index (χ0) is 14.2. The van der Waals surface area contributed by atoms with Crippen LogP contribution in [0.15, 0.2) is 35.8 Å². The van der Waals surface area contributed by atoms with E-state index < -0.39 is 0 Å². The number of pyridine rings is 1. The molecule has 2 aromatic heterocycles. The van der Waals surface area contributed by atoms with Crippen molar-refractivity contribution in [2.24, 2.45) is 0 Å². The molecule has 0 spiro atoms. The number of thiophene rings is 1. The predicted molar refractivity (Wildman–Crippen MR) is 82.4 cm³/mol. The summed E-state index contributed by atoms with van der Waals surface area (Å²) in [4.78, 5) is 22.3. The maximum Gasteiger partial charge on any atom is 0.272 e. The van der Waals surface area contributed by atoms with Gasteiger partial charge in [0.2, 0.25) is 0 Å². The van der Waals surface area contributed by atoms with Gasteiger partial charge in [-0.05, 0) is 35.6 Å². The maximum absolute atomic E-state index is 12.3. The van der Waals surface area contributed by atoms with Crippen molar-refractivity contribution in [3.05, 3.63) is 52.0 Å². The lowest BCUT2D eigenvalue weighted by Gasteiger charge is -2.46. The minimum Gasteiger partial charge on any atom is -0.334 e. The molecule has 0 aromatic carbocycles. The molecule has 4 heterocycles. The van der Waals surface area contributed by atoms with Crippen LogP contribution < -0.4 is 0 Å². The van der Waals surface area contributed by atoms with E-state index in [1.165, 1.54) is 10.4 Å². The zero-order valence-electron chi connectivity index (χ0n) is 11.7. The molecule has 1 fully saturated rings. The van der Waals surface area contributed by atoms with Gasteiger partial charge in [-0.15, -0.1) is 11.3 Å². The van der Waals surface area contributed by atoms with Crippen molar-refractivity contribution >= 4 is 17.2 Å². The number of amides is 1. The Bertz CT molecular complexity index is 649. The molecule has 4 nitrogen and oxygen atoms in total. The molecule has 1 amide bonds. The second-order valence-corrected chi connectivity index (χ2v) is 6.67. The number of aromatic nitrogens is 1. The van der Waals surface area contributed by atoms with Crippen LogP contribution >= 0.6 is 11.3 Å². The highest BCUT2D eigenvalue weighted by Crippen LogP contribution is 2.28. The van der Waals surface area contributed by atoms with E-state index in [2.05, 4.69) is 21.3 Å². The van der Waals surface area contributed by atoms with E-state index in [1.54, 1.807) is 12.3 Å². The summed E-state index contributed by atoms with van der Waals surface area (Å²) in [5.74, 6) is 0.0556. The Morgan fingerprint density at radius 1 is 1.29 bits per heavy atom. The van der Waals surface area contributed by atoms with Crippen LogP contribution in [0.25, 0.3) is 0 Å². The Balaban J connectivity index is 1.37. The van der Waals surface area contributed by atoms with Gasteiger partial charge in [0, 0.05) is 43.3 Å². The van der Waals surface area contributed by atoms with Gasteiger partial charge in [0.1, 0.15) is 5.69 Å². The van der Waals surface area contributed by atoms with Gasteiger partial charge >= 0.3 is 0 Å². The van der Waals surface area contributed by atoms with Gasteiger partial charge in [0.25, 0.3) is 5.91 Å². The van der Waals surface area contributed by atoms with Crippen LogP contribution in [-0.2, 0) is 13.0 Å². The van der Waals surface area contributed by atoms with Crippen LogP contribution in [0.2, 0.25) is 0 Å². The van der Waals surface area contributed by atoms with Gasteiger partial charge in [0.15, 0.2) is 0 Å². The van der Waals surface area contributed by atoms with Crippen molar-refractivity contribution < 1.29 is 4.79 Å². The number of likely N-dealkylation sites (tertiary alicyclic amines) is 1. The summed E-state index contributed by atoms with van der Waals surface area (Å²) >= 11 is 1.87. The first-order valence-corrected chi connectivity index (χ1v) is 8.19. The number of rotatable bonds is 2. The van der Waals surface area contributed by atoms with Gasteiger partial charge in [-0.25, -0.2) is 0 Å². The first kappa shape index (κ1) is 13.0. The average molecular weight is 299 g/mol. The molecular weight excluding hydrogens is 282 g/mol. The van der Waals surface area contributed by atoms with Crippen molar-refractivity contribution in [3.63, 3.8) is 0 Å². The van der Waals surface area contributed by atoms with Gasteiger partial charge in [-0.2, -0.15) is 0 Å². The second-order valence-electron chi connectivity index (χ2n) is 5.67. The van der Waals surface area contributed by atoms with Crippen LogP contribution in [0.4, 0.5) is 0 Å². The first-order valence-electron chi connectivity index (χ1n) is 7.31. The molecule has 0 bridgehead atoms. The minimum atomic E-state index is 0.0556. The Morgan fingerprint density at radius 3 is 3.00 bits per heavy atom. The monoisotopic (exact) mass is 299 g/mol. The van der Waals surface area contributed by atoms with Gasteiger partial charge < -0.3 is 4.90 Å². The Labute approximate surface area is 128 Å². The highest BCUT2D eigenvalue weighted by atomic mass is 32.1. The summed E-state index contributed by atoms with van der Waals surface area (Å²) in [5.41, 5.74) is 2.02. The van der Waals surface area contributed by atoms with Crippen LogP contribution in [0.3, 0.4) is 0 Å². The normalized spacial score (nSPS) is 19.1. The standard InChI is InChI=1S/C16H17N3OS/c20-16(14-3-1-2-6-17-14)19-10-13(11-19)18-7-4-15-12(9-18)5-8-21-15/h1-3,5-6,8,13H,4,7,9-11H2. The van der Waals surface area contributed by atoms with E-state index in [0.29, 0.717) is 11.7 Å². The minimum absolute atomic E-state index is 0.0556. The molecule has 1 saturated heterocycles. The van der Waals surface area contributed by atoms with Crippen LogP contribution in [0, 0.1) is 0 Å². The van der Waals surface area contributed by atoms with Crippen LogP contribution in [-0.4, -0.2) is 46.4 Å². The van der Waals surface area contributed by atoms with Crippen molar-refractivity contribution in [1.82, 2.24) is 14.8 Å². The number of carbonyl (C=O) groups is 1. The highest BCUT2D eigenvalue weighted by Gasteiger charge is 2.36. The fourth-order valence-electron chi connectivity index (χ4n) is 3.09. The lowest BCUT2D eigenvalue weighted by Crippen LogP contribution is -2.61. The zero-order valence-corrected chi connectivity index (χ0v) is 12.6. The van der Waals surface area contributed by atoms with E-state index in [-0.39, 0.29) is 5.91 Å². The first-order chi connectivity index (χ1) is 10.3. The fraction of sp³-hybridized carbons (Fsp3) is 0.375. The molecule has 4 rings (SSSR count). The van der Waals surface area contributed by atoms with Crippen LogP contribution in [0.5, 0.6) is 0 Å². The van der Waals surface area contributed by atoms with Gasteiger partial charge in [-0.3, -0.25) is 14.7 Å². The molecule has 0 unspecified atom stereocenters. The van der Waals surface area contributed by atoms with E-state index in [4.69, 9.17) is 0 Å². The Hall–Kier alpha value is -1.72. The lowest BCUT2D eigenvalue weighted by atomic mass is 10.0. The molecule has 2 aliphatic heterocycles. The second kappa shape index (κ2) is 5.24. The average Bonchev–Trinajstić information content (AvgIpc) is 2.94. The van der Waals surface area contributed by atoms with E-state index in [9.17, 15) is 4.79 Å². The van der Waals surface area contributed by atoms with Crippen molar-refractivity contribution in [2.45, 2.75) is 19.0 Å². The Morgan fingerprint density at radius 2 is 2.19 bits per heavy atom. The largest absolute Gasteiger partial charge is 0.334 e. The molecule has 108 valence electrons. The van der Waals surface area contributed by atoms with Crippen LogP contribution in [0.1, 0.15) is 20.9 Å².